The first kappa shape index (κ1) is 13.7. The van der Waals surface area contributed by atoms with Crippen LogP contribution in [0.4, 0.5) is 4.39 Å². The van der Waals surface area contributed by atoms with Crippen LogP contribution in [0.3, 0.4) is 0 Å². The standard InChI is InChI=1S/C15H16FN3O2/c1-2-21-15(20)13(10-6-3-4-7-11(10)16)14-18-17-12-8-5-9-19(12)14/h3-4,6-7,13H,2,5,8-9H2,1H3. The molecule has 3 rings (SSSR count). The molecule has 0 amide bonds. The summed E-state index contributed by atoms with van der Waals surface area (Å²) in [5.74, 6) is -0.497. The van der Waals surface area contributed by atoms with Gasteiger partial charge in [0.15, 0.2) is 5.82 Å². The summed E-state index contributed by atoms with van der Waals surface area (Å²) in [6.07, 6.45) is 1.80. The lowest BCUT2D eigenvalue weighted by molar-refractivity contribution is -0.144. The van der Waals surface area contributed by atoms with Gasteiger partial charge in [-0.15, -0.1) is 10.2 Å². The first-order valence-electron chi connectivity index (χ1n) is 7.05. The molecule has 21 heavy (non-hydrogen) atoms. The smallest absolute Gasteiger partial charge is 0.321 e. The third-order valence-electron chi connectivity index (χ3n) is 3.63. The Balaban J connectivity index is 2.08. The van der Waals surface area contributed by atoms with Gasteiger partial charge in [-0.2, -0.15) is 0 Å². The maximum Gasteiger partial charge on any atom is 0.321 e. The van der Waals surface area contributed by atoms with Crippen LogP contribution in [0.2, 0.25) is 0 Å². The predicted octanol–water partition coefficient (Wildman–Crippen LogP) is 2.06. The van der Waals surface area contributed by atoms with Crippen LogP contribution in [-0.4, -0.2) is 27.3 Å². The average molecular weight is 289 g/mol. The molecule has 5 nitrogen and oxygen atoms in total. The van der Waals surface area contributed by atoms with E-state index in [9.17, 15) is 9.18 Å². The van der Waals surface area contributed by atoms with Gasteiger partial charge in [-0.25, -0.2) is 4.39 Å². The Labute approximate surface area is 121 Å². The van der Waals surface area contributed by atoms with Gasteiger partial charge in [0.2, 0.25) is 0 Å². The lowest BCUT2D eigenvalue weighted by atomic mass is 9.97. The molecule has 2 aromatic rings. The molecule has 1 atom stereocenters. The Kier molecular flexibility index (Phi) is 3.68. The van der Waals surface area contributed by atoms with Gasteiger partial charge in [0.1, 0.15) is 17.6 Å². The first-order chi connectivity index (χ1) is 10.2. The second kappa shape index (κ2) is 5.63. The largest absolute Gasteiger partial charge is 0.465 e. The number of hydrogen-bond acceptors (Lipinski definition) is 4. The second-order valence-corrected chi connectivity index (χ2v) is 4.94. The van der Waals surface area contributed by atoms with Crippen LogP contribution in [0.1, 0.15) is 36.5 Å². The Morgan fingerprint density at radius 1 is 1.43 bits per heavy atom. The summed E-state index contributed by atoms with van der Waals surface area (Å²) < 4.78 is 21.1. The number of nitrogens with zero attached hydrogens (tertiary/aromatic N) is 3. The molecule has 1 aliphatic rings. The van der Waals surface area contributed by atoms with E-state index in [1.807, 2.05) is 4.57 Å². The summed E-state index contributed by atoms with van der Waals surface area (Å²) in [7, 11) is 0. The lowest BCUT2D eigenvalue weighted by Gasteiger charge is -2.16. The number of carbonyl (C=O) groups excluding carboxylic acids is 1. The molecular formula is C15H16FN3O2. The molecule has 1 unspecified atom stereocenters. The van der Waals surface area contributed by atoms with Crippen molar-refractivity contribution in [2.45, 2.75) is 32.2 Å². The van der Waals surface area contributed by atoms with Crippen LogP contribution in [0.5, 0.6) is 0 Å². The van der Waals surface area contributed by atoms with Gasteiger partial charge in [-0.3, -0.25) is 4.79 Å². The third kappa shape index (κ3) is 2.41. The molecule has 0 saturated carbocycles. The molecule has 0 fully saturated rings. The number of fused-ring (bicyclic) bond motifs is 1. The minimum absolute atomic E-state index is 0.241. The van der Waals surface area contributed by atoms with Gasteiger partial charge >= 0.3 is 5.97 Å². The van der Waals surface area contributed by atoms with Crippen molar-refractivity contribution >= 4 is 5.97 Å². The summed E-state index contributed by atoms with van der Waals surface area (Å²) in [6, 6.07) is 6.22. The fraction of sp³-hybridized carbons (Fsp3) is 0.400. The van der Waals surface area contributed by atoms with Crippen LogP contribution in [0.15, 0.2) is 24.3 Å². The summed E-state index contributed by atoms with van der Waals surface area (Å²) >= 11 is 0. The number of aryl methyl sites for hydroxylation is 1. The average Bonchev–Trinajstić information content (AvgIpc) is 3.06. The van der Waals surface area contributed by atoms with Crippen molar-refractivity contribution < 1.29 is 13.9 Å². The minimum atomic E-state index is -0.870. The molecule has 0 bridgehead atoms. The summed E-state index contributed by atoms with van der Waals surface area (Å²) in [4.78, 5) is 12.3. The van der Waals surface area contributed by atoms with Crippen molar-refractivity contribution in [3.63, 3.8) is 0 Å². The molecule has 0 N–H and O–H groups in total. The highest BCUT2D eigenvalue weighted by atomic mass is 19.1. The van der Waals surface area contributed by atoms with Gasteiger partial charge in [-0.1, -0.05) is 18.2 Å². The Bertz CT molecular complexity index is 669. The fourth-order valence-corrected chi connectivity index (χ4v) is 2.69. The number of benzene rings is 1. The highest BCUT2D eigenvalue weighted by Gasteiger charge is 2.33. The Morgan fingerprint density at radius 2 is 2.24 bits per heavy atom. The molecule has 0 radical (unpaired) electrons. The van der Waals surface area contributed by atoms with Crippen LogP contribution < -0.4 is 0 Å². The molecule has 110 valence electrons. The van der Waals surface area contributed by atoms with Gasteiger partial charge in [0, 0.05) is 18.5 Å². The number of rotatable bonds is 4. The van der Waals surface area contributed by atoms with E-state index in [0.29, 0.717) is 5.82 Å². The summed E-state index contributed by atoms with van der Waals surface area (Å²) in [5, 5.41) is 8.20. The van der Waals surface area contributed by atoms with Crippen molar-refractivity contribution in [1.29, 1.82) is 0 Å². The van der Waals surface area contributed by atoms with Crippen molar-refractivity contribution in [1.82, 2.24) is 14.8 Å². The van der Waals surface area contributed by atoms with E-state index >= 15 is 0 Å². The number of halogens is 1. The number of aromatic nitrogens is 3. The highest BCUT2D eigenvalue weighted by molar-refractivity contribution is 5.81. The monoisotopic (exact) mass is 289 g/mol. The molecule has 6 heteroatoms. The first-order valence-corrected chi connectivity index (χ1v) is 7.05. The number of carbonyl (C=O) groups is 1. The molecule has 2 heterocycles. The Hall–Kier alpha value is -2.24. The zero-order valence-electron chi connectivity index (χ0n) is 11.8. The number of ether oxygens (including phenoxy) is 1. The van der Waals surface area contributed by atoms with Crippen LogP contribution >= 0.6 is 0 Å². The van der Waals surface area contributed by atoms with E-state index in [1.165, 1.54) is 6.07 Å². The molecule has 1 aromatic heterocycles. The van der Waals surface area contributed by atoms with Crippen molar-refractivity contribution in [2.24, 2.45) is 0 Å². The van der Waals surface area contributed by atoms with Crippen molar-refractivity contribution in [3.05, 3.63) is 47.3 Å². The van der Waals surface area contributed by atoms with E-state index < -0.39 is 17.7 Å². The van der Waals surface area contributed by atoms with Gasteiger partial charge in [0.05, 0.1) is 6.61 Å². The molecule has 0 saturated heterocycles. The maximum absolute atomic E-state index is 14.1. The van der Waals surface area contributed by atoms with E-state index in [4.69, 9.17) is 4.74 Å². The van der Waals surface area contributed by atoms with Crippen molar-refractivity contribution in [2.75, 3.05) is 6.61 Å². The van der Waals surface area contributed by atoms with Crippen LogP contribution in [0, 0.1) is 5.82 Å². The minimum Gasteiger partial charge on any atom is -0.465 e. The van der Waals surface area contributed by atoms with Crippen molar-refractivity contribution in [3.8, 4) is 0 Å². The topological polar surface area (TPSA) is 57.0 Å². The van der Waals surface area contributed by atoms with Gasteiger partial charge in [0.25, 0.3) is 0 Å². The zero-order chi connectivity index (χ0) is 14.8. The third-order valence-corrected chi connectivity index (χ3v) is 3.63. The van der Waals surface area contributed by atoms with E-state index in [-0.39, 0.29) is 12.2 Å². The molecule has 0 spiro atoms. The molecule has 1 aliphatic heterocycles. The van der Waals surface area contributed by atoms with E-state index in [2.05, 4.69) is 10.2 Å². The summed E-state index contributed by atoms with van der Waals surface area (Å²) in [6.45, 7) is 2.72. The predicted molar refractivity (Wildman–Crippen MR) is 73.2 cm³/mol. The SMILES string of the molecule is CCOC(=O)C(c1ccccc1F)c1nnc2n1CCC2. The Morgan fingerprint density at radius 3 is 3.00 bits per heavy atom. The number of hydrogen-bond donors (Lipinski definition) is 0. The van der Waals surface area contributed by atoms with Crippen LogP contribution in [0.25, 0.3) is 0 Å². The molecule has 1 aromatic carbocycles. The van der Waals surface area contributed by atoms with E-state index in [1.54, 1.807) is 25.1 Å². The summed E-state index contributed by atoms with van der Waals surface area (Å²) in [5.41, 5.74) is 0.276. The second-order valence-electron chi connectivity index (χ2n) is 4.94. The van der Waals surface area contributed by atoms with Crippen LogP contribution in [-0.2, 0) is 22.5 Å². The quantitative estimate of drug-likeness (QED) is 0.808. The maximum atomic E-state index is 14.1. The normalized spacial score (nSPS) is 14.8. The molecular weight excluding hydrogens is 273 g/mol. The number of esters is 1. The fourth-order valence-electron chi connectivity index (χ4n) is 2.69. The molecule has 0 aliphatic carbocycles. The zero-order valence-corrected chi connectivity index (χ0v) is 11.8. The lowest BCUT2D eigenvalue weighted by Crippen LogP contribution is -2.22. The van der Waals surface area contributed by atoms with Gasteiger partial charge < -0.3 is 9.30 Å². The van der Waals surface area contributed by atoms with Gasteiger partial charge in [-0.05, 0) is 19.4 Å². The van der Waals surface area contributed by atoms with E-state index in [0.717, 1.165) is 25.2 Å². The highest BCUT2D eigenvalue weighted by Crippen LogP contribution is 2.29.